The number of hydrogen-bond donors (Lipinski definition) is 1. The van der Waals surface area contributed by atoms with Crippen molar-refractivity contribution in [3.63, 3.8) is 0 Å². The third kappa shape index (κ3) is 5.05. The Balaban J connectivity index is 1.18. The molecule has 2 aromatic heterocycles. The summed E-state index contributed by atoms with van der Waals surface area (Å²) in [6.07, 6.45) is 8.16. The largest absolute Gasteiger partial charge is 0.384 e. The number of aryl methyl sites for hydroxylation is 1. The van der Waals surface area contributed by atoms with Gasteiger partial charge in [-0.15, -0.1) is 0 Å². The van der Waals surface area contributed by atoms with Crippen LogP contribution >= 0.6 is 11.8 Å². The number of fused-ring (bicyclic) bond motifs is 1. The molecule has 0 radical (unpaired) electrons. The number of hydrogen-bond acceptors (Lipinski definition) is 6. The summed E-state index contributed by atoms with van der Waals surface area (Å²) in [4.78, 5) is 13.9. The highest BCUT2D eigenvalue weighted by Crippen LogP contribution is 2.35. The summed E-state index contributed by atoms with van der Waals surface area (Å²) in [7, 11) is 0. The zero-order chi connectivity index (χ0) is 24.5. The van der Waals surface area contributed by atoms with E-state index in [0.29, 0.717) is 23.3 Å². The molecule has 2 aliphatic heterocycles. The molecule has 4 heterocycles. The highest BCUT2D eigenvalue weighted by Gasteiger charge is 2.29. The van der Waals surface area contributed by atoms with Crippen molar-refractivity contribution in [1.82, 2.24) is 24.3 Å². The molecule has 8 heteroatoms. The number of pyridine rings is 1. The number of likely N-dealkylation sites (tertiary alicyclic amines) is 2. The zero-order valence-corrected chi connectivity index (χ0v) is 21.5. The van der Waals surface area contributed by atoms with Crippen molar-refractivity contribution in [2.24, 2.45) is 5.92 Å². The van der Waals surface area contributed by atoms with Gasteiger partial charge in [0, 0.05) is 49.6 Å². The molecular formula is C27H35FN6S. The minimum atomic E-state index is -0.157. The molecule has 2 saturated heterocycles. The zero-order valence-electron chi connectivity index (χ0n) is 20.7. The standard InChI is InChI=1S/C27H35FN6S/c1-18-14-24-25(16-23(18)28)34(27(31-24)35-3)22-7-12-33(13-8-22)19(2)21-5-10-32(11-6-21)17-20-4-9-30-26(29)15-20/h4,9,14-16,21-22H,2,5-8,10-13,17H2,1,3H3,(H2,29,30). The lowest BCUT2D eigenvalue weighted by molar-refractivity contribution is 0.153. The Labute approximate surface area is 211 Å². The predicted molar refractivity (Wildman–Crippen MR) is 142 cm³/mol. The van der Waals surface area contributed by atoms with Gasteiger partial charge in [0.05, 0.1) is 11.0 Å². The highest BCUT2D eigenvalue weighted by molar-refractivity contribution is 7.98. The molecule has 0 bridgehead atoms. The van der Waals surface area contributed by atoms with Gasteiger partial charge in [-0.2, -0.15) is 0 Å². The Morgan fingerprint density at radius 1 is 1.14 bits per heavy atom. The first-order valence-electron chi connectivity index (χ1n) is 12.5. The van der Waals surface area contributed by atoms with Gasteiger partial charge in [0.2, 0.25) is 0 Å². The summed E-state index contributed by atoms with van der Waals surface area (Å²) in [6.45, 7) is 11.4. The lowest BCUT2D eigenvalue weighted by Gasteiger charge is -2.41. The van der Waals surface area contributed by atoms with E-state index < -0.39 is 0 Å². The van der Waals surface area contributed by atoms with E-state index >= 15 is 0 Å². The number of allylic oxidation sites excluding steroid dienone is 1. The Hall–Kier alpha value is -2.58. The molecule has 2 fully saturated rings. The second kappa shape index (κ2) is 10.2. The van der Waals surface area contributed by atoms with Crippen LogP contribution in [-0.2, 0) is 6.54 Å². The van der Waals surface area contributed by atoms with Gasteiger partial charge in [0.25, 0.3) is 0 Å². The van der Waals surface area contributed by atoms with E-state index in [-0.39, 0.29) is 5.82 Å². The average Bonchev–Trinajstić information content (AvgIpc) is 3.21. The second-order valence-electron chi connectivity index (χ2n) is 9.91. The van der Waals surface area contributed by atoms with E-state index in [1.807, 2.05) is 24.5 Å². The number of nitrogens with two attached hydrogens (primary N) is 1. The van der Waals surface area contributed by atoms with Crippen LogP contribution in [0.2, 0.25) is 0 Å². The molecule has 6 nitrogen and oxygen atoms in total. The maximum absolute atomic E-state index is 14.4. The van der Waals surface area contributed by atoms with Crippen LogP contribution in [0.4, 0.5) is 10.2 Å². The Morgan fingerprint density at radius 3 is 2.57 bits per heavy atom. The van der Waals surface area contributed by atoms with Gasteiger partial charge in [0.15, 0.2) is 5.16 Å². The number of piperidine rings is 2. The molecule has 5 rings (SSSR count). The molecule has 0 unspecified atom stereocenters. The number of aromatic nitrogens is 3. The van der Waals surface area contributed by atoms with E-state index in [1.165, 1.54) is 11.3 Å². The molecule has 1 aromatic carbocycles. The van der Waals surface area contributed by atoms with Crippen LogP contribution in [0, 0.1) is 18.7 Å². The molecule has 186 valence electrons. The molecule has 0 atom stereocenters. The SMILES string of the molecule is C=C(C1CCN(Cc2ccnc(N)c2)CC1)N1CCC(n2c(SC)nc3cc(C)c(F)cc32)CC1. The summed E-state index contributed by atoms with van der Waals surface area (Å²) >= 11 is 1.64. The van der Waals surface area contributed by atoms with Crippen molar-refractivity contribution in [2.45, 2.75) is 50.4 Å². The Bertz CT molecular complexity index is 1210. The van der Waals surface area contributed by atoms with Crippen molar-refractivity contribution in [3.8, 4) is 0 Å². The number of imidazole rings is 1. The van der Waals surface area contributed by atoms with Crippen molar-refractivity contribution in [1.29, 1.82) is 0 Å². The molecular weight excluding hydrogens is 459 g/mol. The predicted octanol–water partition coefficient (Wildman–Crippen LogP) is 5.25. The molecule has 0 spiro atoms. The third-order valence-electron chi connectivity index (χ3n) is 7.67. The van der Waals surface area contributed by atoms with Gasteiger partial charge in [-0.1, -0.05) is 18.3 Å². The van der Waals surface area contributed by atoms with E-state index in [4.69, 9.17) is 10.7 Å². The van der Waals surface area contributed by atoms with E-state index in [2.05, 4.69) is 25.9 Å². The van der Waals surface area contributed by atoms with Crippen LogP contribution in [0.3, 0.4) is 0 Å². The fraction of sp³-hybridized carbons (Fsp3) is 0.481. The number of rotatable bonds is 6. The van der Waals surface area contributed by atoms with Crippen LogP contribution in [0.1, 0.15) is 42.9 Å². The maximum atomic E-state index is 14.4. The number of thioether (sulfide) groups is 1. The van der Waals surface area contributed by atoms with Crippen molar-refractivity contribution < 1.29 is 4.39 Å². The van der Waals surface area contributed by atoms with E-state index in [9.17, 15) is 4.39 Å². The minimum absolute atomic E-state index is 0.157. The Morgan fingerprint density at radius 2 is 1.89 bits per heavy atom. The highest BCUT2D eigenvalue weighted by atomic mass is 32.2. The van der Waals surface area contributed by atoms with Gasteiger partial charge >= 0.3 is 0 Å². The Kier molecular flexibility index (Phi) is 7.02. The number of halogens is 1. The average molecular weight is 495 g/mol. The van der Waals surface area contributed by atoms with Crippen LogP contribution < -0.4 is 5.73 Å². The van der Waals surface area contributed by atoms with Gasteiger partial charge in [-0.25, -0.2) is 14.4 Å². The van der Waals surface area contributed by atoms with Crippen molar-refractivity contribution in [2.75, 3.05) is 38.2 Å². The summed E-state index contributed by atoms with van der Waals surface area (Å²) in [6, 6.07) is 7.89. The van der Waals surface area contributed by atoms with Crippen molar-refractivity contribution in [3.05, 3.63) is 59.7 Å². The van der Waals surface area contributed by atoms with Crippen LogP contribution in [0.15, 0.2) is 47.9 Å². The fourth-order valence-corrected chi connectivity index (χ4v) is 6.27. The molecule has 2 aliphatic rings. The number of anilines is 1. The second-order valence-corrected chi connectivity index (χ2v) is 10.7. The fourth-order valence-electron chi connectivity index (χ4n) is 5.64. The first kappa shape index (κ1) is 24.1. The van der Waals surface area contributed by atoms with Crippen LogP contribution in [-0.4, -0.2) is 56.8 Å². The normalized spacial score (nSPS) is 18.4. The lowest BCUT2D eigenvalue weighted by atomic mass is 9.91. The molecule has 0 aliphatic carbocycles. The van der Waals surface area contributed by atoms with E-state index in [1.54, 1.807) is 30.9 Å². The molecule has 3 aromatic rings. The first-order valence-corrected chi connectivity index (χ1v) is 13.7. The molecule has 2 N–H and O–H groups in total. The smallest absolute Gasteiger partial charge is 0.169 e. The molecule has 0 amide bonds. The summed E-state index contributed by atoms with van der Waals surface area (Å²) < 4.78 is 16.6. The lowest BCUT2D eigenvalue weighted by Crippen LogP contribution is -2.40. The topological polar surface area (TPSA) is 63.2 Å². The first-order chi connectivity index (χ1) is 16.9. The minimum Gasteiger partial charge on any atom is -0.384 e. The van der Waals surface area contributed by atoms with Gasteiger partial charge in [0.1, 0.15) is 11.6 Å². The quantitative estimate of drug-likeness (QED) is 0.473. The maximum Gasteiger partial charge on any atom is 0.169 e. The van der Waals surface area contributed by atoms with Crippen LogP contribution in [0.25, 0.3) is 11.0 Å². The summed E-state index contributed by atoms with van der Waals surface area (Å²) in [5.74, 6) is 0.969. The number of nitrogens with zero attached hydrogens (tertiary/aromatic N) is 5. The summed E-state index contributed by atoms with van der Waals surface area (Å²) in [5.41, 5.74) is 10.8. The van der Waals surface area contributed by atoms with E-state index in [0.717, 1.165) is 74.6 Å². The number of benzene rings is 1. The van der Waals surface area contributed by atoms with Crippen molar-refractivity contribution >= 4 is 28.6 Å². The monoisotopic (exact) mass is 494 g/mol. The summed E-state index contributed by atoms with van der Waals surface area (Å²) in [5, 5.41) is 0.977. The third-order valence-corrected chi connectivity index (χ3v) is 8.32. The molecule has 0 saturated carbocycles. The number of nitrogen functional groups attached to an aromatic ring is 1. The van der Waals surface area contributed by atoms with Gasteiger partial charge < -0.3 is 15.2 Å². The van der Waals surface area contributed by atoms with Gasteiger partial charge in [-0.05, 0) is 81.3 Å². The molecule has 35 heavy (non-hydrogen) atoms. The van der Waals surface area contributed by atoms with Crippen LogP contribution in [0.5, 0.6) is 0 Å². The van der Waals surface area contributed by atoms with Gasteiger partial charge in [-0.3, -0.25) is 4.90 Å².